The summed E-state index contributed by atoms with van der Waals surface area (Å²) in [6.45, 7) is 1.55. The van der Waals surface area contributed by atoms with Crippen molar-refractivity contribution in [3.8, 4) is 11.9 Å². The topological polar surface area (TPSA) is 103 Å². The summed E-state index contributed by atoms with van der Waals surface area (Å²) < 4.78 is 1.57. The van der Waals surface area contributed by atoms with E-state index in [9.17, 15) is 24.8 Å². The molecule has 0 aromatic carbocycles. The van der Waals surface area contributed by atoms with Gasteiger partial charge in [0.2, 0.25) is 5.88 Å². The quantitative estimate of drug-likeness (QED) is 0.357. The van der Waals surface area contributed by atoms with Crippen LogP contribution in [0.5, 0.6) is 5.88 Å². The fourth-order valence-corrected chi connectivity index (χ4v) is 6.32. The Labute approximate surface area is 204 Å². The number of pyridine rings is 1. The summed E-state index contributed by atoms with van der Waals surface area (Å²) >= 11 is 8.04. The second-order valence-electron chi connectivity index (χ2n) is 7.95. The van der Waals surface area contributed by atoms with Gasteiger partial charge in [-0.3, -0.25) is 23.9 Å². The second kappa shape index (κ2) is 9.63. The second-order valence-corrected chi connectivity index (χ2v) is 10.6. The van der Waals surface area contributed by atoms with Crippen LogP contribution in [-0.4, -0.2) is 37.1 Å². The fourth-order valence-electron chi connectivity index (χ4n) is 4.29. The lowest BCUT2D eigenvalue weighted by atomic mass is 9.99. The Kier molecular flexibility index (Phi) is 6.83. The van der Waals surface area contributed by atoms with E-state index >= 15 is 0 Å². The number of amides is 1. The van der Waals surface area contributed by atoms with Crippen LogP contribution in [-0.2, 0) is 4.79 Å². The fraction of sp³-hybridized carbons (Fsp3) is 0.348. The van der Waals surface area contributed by atoms with Crippen LogP contribution in [0.3, 0.4) is 0 Å². The summed E-state index contributed by atoms with van der Waals surface area (Å²) in [6.07, 6.45) is 4.94. The number of aromatic nitrogens is 1. The van der Waals surface area contributed by atoms with Crippen LogP contribution in [0, 0.1) is 18.3 Å². The normalized spacial score (nSPS) is 17.8. The van der Waals surface area contributed by atoms with Crippen molar-refractivity contribution in [1.29, 1.82) is 5.26 Å². The van der Waals surface area contributed by atoms with E-state index in [-0.39, 0.29) is 41.6 Å². The van der Waals surface area contributed by atoms with Gasteiger partial charge in [0.05, 0.1) is 10.5 Å². The minimum absolute atomic E-state index is 0.0300. The van der Waals surface area contributed by atoms with E-state index in [0.717, 1.165) is 17.7 Å². The third-order valence-corrected chi connectivity index (χ3v) is 8.16. The number of nitriles is 1. The Bertz CT molecular complexity index is 1270. The summed E-state index contributed by atoms with van der Waals surface area (Å²) in [5.41, 5.74) is -0.556. The zero-order valence-electron chi connectivity index (χ0n) is 17.9. The molecule has 1 saturated carbocycles. The average molecular weight is 500 g/mol. The van der Waals surface area contributed by atoms with Crippen LogP contribution in [0.25, 0.3) is 6.08 Å². The van der Waals surface area contributed by atoms with Gasteiger partial charge in [-0.1, -0.05) is 42.9 Å². The first-order chi connectivity index (χ1) is 15.8. The maximum absolute atomic E-state index is 13.2. The van der Waals surface area contributed by atoms with Gasteiger partial charge in [0.15, 0.2) is 5.78 Å². The molecule has 1 saturated heterocycles. The van der Waals surface area contributed by atoms with Crippen LogP contribution in [0.1, 0.15) is 64.5 Å². The number of hydrogen-bond acceptors (Lipinski definition) is 8. The van der Waals surface area contributed by atoms with Gasteiger partial charge >= 0.3 is 0 Å². The molecule has 0 spiro atoms. The molecular weight excluding hydrogens is 478 g/mol. The number of carbonyl (C=O) groups excluding carboxylic acids is 2. The molecule has 1 aliphatic heterocycles. The number of ketones is 1. The highest BCUT2D eigenvalue weighted by atomic mass is 32.2. The Morgan fingerprint density at radius 1 is 1.36 bits per heavy atom. The minimum Gasteiger partial charge on any atom is -0.494 e. The number of hydrogen-bond donors (Lipinski definition) is 1. The summed E-state index contributed by atoms with van der Waals surface area (Å²) in [5, 5.41) is 22.4. The number of nitrogens with zero attached hydrogens (tertiary/aromatic N) is 3. The van der Waals surface area contributed by atoms with Crippen molar-refractivity contribution in [2.24, 2.45) is 0 Å². The predicted octanol–water partition coefficient (Wildman–Crippen LogP) is 4.38. The molecule has 1 amide bonds. The summed E-state index contributed by atoms with van der Waals surface area (Å²) in [6, 6.07) is 5.46. The summed E-state index contributed by atoms with van der Waals surface area (Å²) in [4.78, 5) is 41.6. The van der Waals surface area contributed by atoms with Crippen molar-refractivity contribution < 1.29 is 14.7 Å². The lowest BCUT2D eigenvalue weighted by Gasteiger charge is -2.20. The molecule has 7 nitrogen and oxygen atoms in total. The first-order valence-corrected chi connectivity index (χ1v) is 12.6. The van der Waals surface area contributed by atoms with E-state index < -0.39 is 17.2 Å². The molecule has 0 atom stereocenters. The molecule has 2 aliphatic rings. The lowest BCUT2D eigenvalue weighted by Crippen LogP contribution is -2.32. The van der Waals surface area contributed by atoms with Gasteiger partial charge in [0.1, 0.15) is 16.0 Å². The smallest absolute Gasteiger partial charge is 0.271 e. The van der Waals surface area contributed by atoms with Crippen molar-refractivity contribution >= 4 is 57.4 Å². The minimum atomic E-state index is -0.563. The van der Waals surface area contributed by atoms with Crippen molar-refractivity contribution in [2.75, 3.05) is 6.54 Å². The van der Waals surface area contributed by atoms with Gasteiger partial charge < -0.3 is 5.11 Å². The highest BCUT2D eigenvalue weighted by molar-refractivity contribution is 8.26. The van der Waals surface area contributed by atoms with Gasteiger partial charge in [-0.15, -0.1) is 11.3 Å². The van der Waals surface area contributed by atoms with Crippen LogP contribution in [0.4, 0.5) is 0 Å². The van der Waals surface area contributed by atoms with E-state index in [0.29, 0.717) is 22.1 Å². The number of thiocarbonyl (C=S) groups is 1. The Morgan fingerprint density at radius 3 is 2.73 bits per heavy atom. The van der Waals surface area contributed by atoms with E-state index in [2.05, 4.69) is 0 Å². The largest absolute Gasteiger partial charge is 0.494 e. The predicted molar refractivity (Wildman–Crippen MR) is 132 cm³/mol. The number of aromatic hydroxyl groups is 1. The highest BCUT2D eigenvalue weighted by Crippen LogP contribution is 2.35. The first kappa shape index (κ1) is 23.4. The molecule has 1 aliphatic carbocycles. The summed E-state index contributed by atoms with van der Waals surface area (Å²) in [5.74, 6) is -1.10. The Morgan fingerprint density at radius 2 is 2.09 bits per heavy atom. The molecule has 3 heterocycles. The molecule has 0 radical (unpaired) electrons. The third-order valence-electron chi connectivity index (χ3n) is 5.97. The number of Topliss-reactive ketones (excluding diaryl/α,β-unsaturated/α-hetero) is 1. The van der Waals surface area contributed by atoms with Crippen LogP contribution in [0.15, 0.2) is 27.2 Å². The van der Waals surface area contributed by atoms with Crippen LogP contribution < -0.4 is 5.56 Å². The van der Waals surface area contributed by atoms with Crippen LogP contribution >= 0.6 is 35.3 Å². The van der Waals surface area contributed by atoms with E-state index in [4.69, 9.17) is 12.2 Å². The molecule has 2 aromatic rings. The molecule has 2 fully saturated rings. The van der Waals surface area contributed by atoms with Gasteiger partial charge in [0.25, 0.3) is 11.5 Å². The van der Waals surface area contributed by atoms with E-state index in [1.165, 1.54) is 39.5 Å². The Balaban J connectivity index is 1.58. The van der Waals surface area contributed by atoms with Crippen molar-refractivity contribution in [3.05, 3.63) is 54.3 Å². The van der Waals surface area contributed by atoms with Gasteiger partial charge in [0, 0.05) is 23.9 Å². The molecular formula is C23H21N3O4S3. The maximum atomic E-state index is 13.2. The van der Waals surface area contributed by atoms with Crippen molar-refractivity contribution in [2.45, 2.75) is 45.1 Å². The molecule has 10 heteroatoms. The molecule has 4 rings (SSSR count). The van der Waals surface area contributed by atoms with Crippen LogP contribution in [0.2, 0.25) is 0 Å². The van der Waals surface area contributed by atoms with E-state index in [1.54, 1.807) is 6.08 Å². The number of rotatable bonds is 6. The monoisotopic (exact) mass is 499 g/mol. The molecule has 170 valence electrons. The highest BCUT2D eigenvalue weighted by Gasteiger charge is 2.33. The Hall–Kier alpha value is -2.74. The number of thioether (sulfide) groups is 1. The maximum Gasteiger partial charge on any atom is 0.271 e. The third kappa shape index (κ3) is 4.40. The van der Waals surface area contributed by atoms with Gasteiger partial charge in [-0.25, -0.2) is 0 Å². The molecule has 0 unspecified atom stereocenters. The van der Waals surface area contributed by atoms with E-state index in [1.807, 2.05) is 23.6 Å². The molecule has 0 bridgehead atoms. The summed E-state index contributed by atoms with van der Waals surface area (Å²) in [7, 11) is 0. The van der Waals surface area contributed by atoms with Gasteiger partial charge in [-0.05, 0) is 42.9 Å². The zero-order chi connectivity index (χ0) is 23.7. The zero-order valence-corrected chi connectivity index (χ0v) is 20.3. The van der Waals surface area contributed by atoms with Crippen molar-refractivity contribution in [1.82, 2.24) is 9.47 Å². The molecule has 33 heavy (non-hydrogen) atoms. The molecule has 1 N–H and O–H groups in total. The SMILES string of the molecule is Cc1c(C(=O)CCN2C(=O)/C(=C/c3cccs3)SC2=S)c(O)n(C2CCCC2)c(=O)c1C#N. The van der Waals surface area contributed by atoms with Gasteiger partial charge in [-0.2, -0.15) is 5.26 Å². The standard InChI is InChI=1S/C23H21N3O4S3/c1-13-16(12-24)20(28)26(14-5-2-3-6-14)22(30)19(13)17(27)8-9-25-21(29)18(33-23(25)31)11-15-7-4-10-32-15/h4,7,10-11,14,30H,2-3,5-6,8-9H2,1H3/b18-11-. The lowest BCUT2D eigenvalue weighted by molar-refractivity contribution is -0.122. The first-order valence-electron chi connectivity index (χ1n) is 10.5. The molecule has 2 aromatic heterocycles. The number of carbonyl (C=O) groups is 2. The number of thiophene rings is 1. The van der Waals surface area contributed by atoms with Crippen molar-refractivity contribution in [3.63, 3.8) is 0 Å². The average Bonchev–Trinajstić information content (AvgIpc) is 3.52.